The number of rotatable bonds is 12. The minimum atomic E-state index is -3.61. The average molecular weight is 584 g/mol. The Morgan fingerprint density at radius 3 is 2.39 bits per heavy atom. The van der Waals surface area contributed by atoms with E-state index in [1.165, 1.54) is 13.1 Å². The molecule has 1 fully saturated rings. The van der Waals surface area contributed by atoms with Crippen molar-refractivity contribution in [3.05, 3.63) is 47.0 Å². The largest absolute Gasteiger partial charge is 0.369 e. The smallest absolute Gasteiger partial charge is 0.257 e. The third-order valence-electron chi connectivity index (χ3n) is 6.65. The van der Waals surface area contributed by atoms with Crippen molar-refractivity contribution in [1.82, 2.24) is 5.32 Å². The molecule has 12 heteroatoms. The SMILES string of the molecule is CCCCCCCS(=N)(=O)c1ccc(NC(=O)c2cc(N3CCNCC3)ccc2N(C)S(C)(=O)=O)c(Cl)c1. The van der Waals surface area contributed by atoms with Gasteiger partial charge in [0.25, 0.3) is 5.91 Å². The van der Waals surface area contributed by atoms with E-state index in [0.29, 0.717) is 17.0 Å². The molecule has 3 N–H and O–H groups in total. The monoisotopic (exact) mass is 583 g/mol. The number of hydrogen-bond acceptors (Lipinski definition) is 7. The van der Waals surface area contributed by atoms with E-state index in [1.54, 1.807) is 24.3 Å². The van der Waals surface area contributed by atoms with Gasteiger partial charge in [-0.25, -0.2) is 17.4 Å². The van der Waals surface area contributed by atoms with Crippen molar-refractivity contribution < 1.29 is 17.4 Å². The molecule has 9 nitrogen and oxygen atoms in total. The quantitative estimate of drug-likeness (QED) is 0.309. The maximum absolute atomic E-state index is 13.4. The third-order valence-corrected chi connectivity index (χ3v) is 10.0. The van der Waals surface area contributed by atoms with Gasteiger partial charge in [-0.3, -0.25) is 9.10 Å². The minimum Gasteiger partial charge on any atom is -0.369 e. The fraction of sp³-hybridized carbons (Fsp3) is 0.500. The van der Waals surface area contributed by atoms with Crippen LogP contribution in [0.4, 0.5) is 17.1 Å². The number of anilines is 3. The van der Waals surface area contributed by atoms with Gasteiger partial charge in [-0.05, 0) is 42.8 Å². The van der Waals surface area contributed by atoms with Crippen LogP contribution in [-0.4, -0.2) is 63.8 Å². The van der Waals surface area contributed by atoms with E-state index >= 15 is 0 Å². The Bertz CT molecular complexity index is 1340. The Morgan fingerprint density at radius 1 is 1.08 bits per heavy atom. The van der Waals surface area contributed by atoms with Crippen LogP contribution in [0.3, 0.4) is 0 Å². The van der Waals surface area contributed by atoms with Gasteiger partial charge in [-0.1, -0.05) is 44.2 Å². The van der Waals surface area contributed by atoms with Crippen molar-refractivity contribution in [2.45, 2.75) is 43.9 Å². The molecule has 2 aromatic rings. The van der Waals surface area contributed by atoms with E-state index in [0.717, 1.165) is 68.1 Å². The van der Waals surface area contributed by atoms with Crippen molar-refractivity contribution in [3.63, 3.8) is 0 Å². The third kappa shape index (κ3) is 7.84. The fourth-order valence-corrected chi connectivity index (χ4v) is 6.55. The number of sulfonamides is 1. The Labute approximate surface area is 232 Å². The molecule has 0 aromatic heterocycles. The number of hydrogen-bond donors (Lipinski definition) is 3. The molecule has 1 heterocycles. The maximum Gasteiger partial charge on any atom is 0.257 e. The van der Waals surface area contributed by atoms with Gasteiger partial charge in [-0.15, -0.1) is 0 Å². The summed E-state index contributed by atoms with van der Waals surface area (Å²) in [6.07, 6.45) is 6.02. The summed E-state index contributed by atoms with van der Waals surface area (Å²) in [7, 11) is -5.21. The van der Waals surface area contributed by atoms with Crippen LogP contribution in [0.2, 0.25) is 5.02 Å². The predicted molar refractivity (Wildman–Crippen MR) is 157 cm³/mol. The highest BCUT2D eigenvalue weighted by Crippen LogP contribution is 2.31. The first-order valence-corrected chi connectivity index (χ1v) is 16.8. The standard InChI is InChI=1S/C26H38ClN5O4S2/c1-4-5-6-7-8-17-38(28,36)21-10-11-24(23(27)19-21)30-26(33)22-18-20(32-15-13-29-14-16-32)9-12-25(22)31(2)37(3,34)35/h9-12,18-19,28-29H,4-8,13-17H2,1-3H3,(H,30,33). The van der Waals surface area contributed by atoms with Crippen LogP contribution < -0.4 is 19.8 Å². The number of carbonyl (C=O) groups is 1. The highest BCUT2D eigenvalue weighted by Gasteiger charge is 2.23. The molecule has 0 bridgehead atoms. The molecular weight excluding hydrogens is 546 g/mol. The van der Waals surface area contributed by atoms with Crippen molar-refractivity contribution >= 4 is 54.3 Å². The maximum atomic E-state index is 13.4. The highest BCUT2D eigenvalue weighted by atomic mass is 35.5. The zero-order chi connectivity index (χ0) is 27.9. The second kappa shape index (κ2) is 13.1. The highest BCUT2D eigenvalue weighted by molar-refractivity contribution is 7.92. The predicted octanol–water partition coefficient (Wildman–Crippen LogP) is 4.77. The lowest BCUT2D eigenvalue weighted by Crippen LogP contribution is -2.43. The first-order chi connectivity index (χ1) is 17.9. The minimum absolute atomic E-state index is 0.165. The summed E-state index contributed by atoms with van der Waals surface area (Å²) >= 11 is 6.45. The number of nitrogens with zero attached hydrogens (tertiary/aromatic N) is 2. The van der Waals surface area contributed by atoms with Crippen LogP contribution in [0.1, 0.15) is 49.4 Å². The number of halogens is 1. The Morgan fingerprint density at radius 2 is 1.76 bits per heavy atom. The van der Waals surface area contributed by atoms with Gasteiger partial charge in [0.15, 0.2) is 0 Å². The number of nitrogens with one attached hydrogen (secondary N) is 3. The first kappa shape index (κ1) is 30.2. The normalized spacial score (nSPS) is 15.6. The van der Waals surface area contributed by atoms with Crippen molar-refractivity contribution in [2.75, 3.05) is 59.8 Å². The van der Waals surface area contributed by atoms with E-state index in [4.69, 9.17) is 16.4 Å². The van der Waals surface area contributed by atoms with Gasteiger partial charge >= 0.3 is 0 Å². The van der Waals surface area contributed by atoms with Gasteiger partial charge in [0, 0.05) is 49.6 Å². The fourth-order valence-electron chi connectivity index (χ4n) is 4.30. The van der Waals surface area contributed by atoms with Crippen LogP contribution >= 0.6 is 11.6 Å². The van der Waals surface area contributed by atoms with Crippen LogP contribution in [-0.2, 0) is 19.8 Å². The molecule has 210 valence electrons. The summed E-state index contributed by atoms with van der Waals surface area (Å²) in [5.74, 6) is -0.261. The molecule has 0 aliphatic carbocycles. The summed E-state index contributed by atoms with van der Waals surface area (Å²) in [5, 5.41) is 6.22. The van der Waals surface area contributed by atoms with E-state index < -0.39 is 25.7 Å². The molecule has 0 spiro atoms. The molecule has 38 heavy (non-hydrogen) atoms. The molecule has 0 radical (unpaired) electrons. The summed E-state index contributed by atoms with van der Waals surface area (Å²) < 4.78 is 47.0. The molecule has 1 saturated heterocycles. The van der Waals surface area contributed by atoms with Crippen LogP contribution in [0, 0.1) is 4.78 Å². The molecule has 1 unspecified atom stereocenters. The van der Waals surface area contributed by atoms with Crippen molar-refractivity contribution in [3.8, 4) is 0 Å². The van der Waals surface area contributed by atoms with Crippen molar-refractivity contribution in [1.29, 1.82) is 4.78 Å². The Hall–Kier alpha value is -2.34. The molecular formula is C26H38ClN5O4S2. The number of unbranched alkanes of at least 4 members (excludes halogenated alkanes) is 4. The van der Waals surface area contributed by atoms with Crippen molar-refractivity contribution in [2.24, 2.45) is 0 Å². The Kier molecular flexibility index (Phi) is 10.4. The number of piperazine rings is 1. The van der Waals surface area contributed by atoms with Gasteiger partial charge in [0.2, 0.25) is 10.0 Å². The molecule has 1 aliphatic heterocycles. The molecule has 0 saturated carbocycles. The summed E-state index contributed by atoms with van der Waals surface area (Å²) in [6, 6.07) is 9.71. The second-order valence-electron chi connectivity index (χ2n) is 9.56. The lowest BCUT2D eigenvalue weighted by atomic mass is 10.1. The van der Waals surface area contributed by atoms with E-state index in [2.05, 4.69) is 22.5 Å². The molecule has 1 amide bonds. The van der Waals surface area contributed by atoms with Crippen LogP contribution in [0.5, 0.6) is 0 Å². The van der Waals surface area contributed by atoms with Crippen LogP contribution in [0.25, 0.3) is 0 Å². The van der Waals surface area contributed by atoms with E-state index in [-0.39, 0.29) is 22.0 Å². The van der Waals surface area contributed by atoms with Gasteiger partial charge in [0.1, 0.15) is 0 Å². The molecule has 1 atom stereocenters. The first-order valence-electron chi connectivity index (χ1n) is 12.8. The summed E-state index contributed by atoms with van der Waals surface area (Å²) in [4.78, 5) is 15.9. The molecule has 2 aromatic carbocycles. The Balaban J connectivity index is 1.84. The zero-order valence-electron chi connectivity index (χ0n) is 22.3. The van der Waals surface area contributed by atoms with Crippen LogP contribution in [0.15, 0.2) is 41.3 Å². The summed E-state index contributed by atoms with van der Waals surface area (Å²) in [6.45, 7) is 5.28. The van der Waals surface area contributed by atoms with Gasteiger partial charge < -0.3 is 15.5 Å². The van der Waals surface area contributed by atoms with E-state index in [1.807, 2.05) is 6.07 Å². The zero-order valence-corrected chi connectivity index (χ0v) is 24.6. The number of carbonyl (C=O) groups excluding carboxylic acids is 1. The molecule has 1 aliphatic rings. The topological polar surface area (TPSA) is 123 Å². The summed E-state index contributed by atoms with van der Waals surface area (Å²) in [5.41, 5.74) is 1.54. The molecule has 3 rings (SSSR count). The number of amides is 1. The van der Waals surface area contributed by atoms with Gasteiger partial charge in [0.05, 0.1) is 37.9 Å². The second-order valence-corrected chi connectivity index (χ2v) is 14.2. The number of benzene rings is 2. The van der Waals surface area contributed by atoms with E-state index in [9.17, 15) is 17.4 Å². The lowest BCUT2D eigenvalue weighted by molar-refractivity contribution is 0.102. The van der Waals surface area contributed by atoms with Gasteiger partial charge in [-0.2, -0.15) is 0 Å². The lowest BCUT2D eigenvalue weighted by Gasteiger charge is -2.30. The average Bonchev–Trinajstić information content (AvgIpc) is 2.88.